The molecule has 0 radical (unpaired) electrons. The van der Waals surface area contributed by atoms with Gasteiger partial charge in [0.05, 0.1) is 12.7 Å². The third-order valence-corrected chi connectivity index (χ3v) is 4.95. The molecule has 0 N–H and O–H groups in total. The first kappa shape index (κ1) is 19.1. The highest BCUT2D eigenvalue weighted by molar-refractivity contribution is 5.77. The van der Waals surface area contributed by atoms with Crippen LogP contribution in [-0.4, -0.2) is 81.0 Å². The van der Waals surface area contributed by atoms with Gasteiger partial charge in [-0.15, -0.1) is 0 Å². The third kappa shape index (κ3) is 6.27. The lowest BCUT2D eigenvalue weighted by Crippen LogP contribution is -2.50. The van der Waals surface area contributed by atoms with Gasteiger partial charge in [0.1, 0.15) is 19.0 Å². The Bertz CT molecular complexity index is 526. The summed E-state index contributed by atoms with van der Waals surface area (Å²) in [6.07, 6.45) is 3.53. The average molecular weight is 362 g/mol. The number of para-hydroxylation sites is 1. The number of carbonyl (C=O) groups excluding carboxylic acids is 1. The molecule has 1 aromatic carbocycles. The topological polar surface area (TPSA) is 51.2 Å². The SMILES string of the molecule is O=C(COCC1CCCCO1)N1CCN(CCOc2ccccc2)CC1. The van der Waals surface area contributed by atoms with Crippen LogP contribution in [0, 0.1) is 0 Å². The number of rotatable bonds is 8. The molecule has 0 aliphatic carbocycles. The molecule has 1 amide bonds. The van der Waals surface area contributed by atoms with E-state index < -0.39 is 0 Å². The summed E-state index contributed by atoms with van der Waals surface area (Å²) in [4.78, 5) is 16.5. The third-order valence-electron chi connectivity index (χ3n) is 4.95. The molecule has 2 aliphatic heterocycles. The molecule has 0 bridgehead atoms. The molecular weight excluding hydrogens is 332 g/mol. The standard InChI is InChI=1S/C20H30N2O4/c23-20(17-24-16-19-8-4-5-14-25-19)22-11-9-21(10-12-22)13-15-26-18-6-2-1-3-7-18/h1-3,6-7,19H,4-5,8-17H2. The fourth-order valence-corrected chi connectivity index (χ4v) is 3.34. The Balaban J connectivity index is 1.26. The Hall–Kier alpha value is -1.63. The Labute approximate surface area is 156 Å². The summed E-state index contributed by atoms with van der Waals surface area (Å²) < 4.78 is 16.9. The van der Waals surface area contributed by atoms with Gasteiger partial charge in [-0.25, -0.2) is 0 Å². The van der Waals surface area contributed by atoms with Gasteiger partial charge in [-0.05, 0) is 31.4 Å². The number of nitrogens with zero attached hydrogens (tertiary/aromatic N) is 2. The molecular formula is C20H30N2O4. The number of hydrogen-bond donors (Lipinski definition) is 0. The Morgan fingerprint density at radius 3 is 2.65 bits per heavy atom. The van der Waals surface area contributed by atoms with Crippen molar-refractivity contribution in [1.29, 1.82) is 0 Å². The van der Waals surface area contributed by atoms with Gasteiger partial charge in [-0.1, -0.05) is 18.2 Å². The van der Waals surface area contributed by atoms with Crippen LogP contribution in [0.25, 0.3) is 0 Å². The number of piperazine rings is 1. The van der Waals surface area contributed by atoms with Crippen molar-refractivity contribution in [2.24, 2.45) is 0 Å². The summed E-state index contributed by atoms with van der Waals surface area (Å²) in [6, 6.07) is 9.86. The molecule has 2 saturated heterocycles. The van der Waals surface area contributed by atoms with Crippen LogP contribution in [0.5, 0.6) is 5.75 Å². The van der Waals surface area contributed by atoms with Crippen LogP contribution >= 0.6 is 0 Å². The number of benzene rings is 1. The van der Waals surface area contributed by atoms with E-state index in [4.69, 9.17) is 14.2 Å². The number of ether oxygens (including phenoxy) is 3. The number of hydrogen-bond acceptors (Lipinski definition) is 5. The van der Waals surface area contributed by atoms with Crippen LogP contribution in [0.15, 0.2) is 30.3 Å². The Morgan fingerprint density at radius 1 is 1.12 bits per heavy atom. The fraction of sp³-hybridized carbons (Fsp3) is 0.650. The van der Waals surface area contributed by atoms with Crippen LogP contribution in [0.3, 0.4) is 0 Å². The molecule has 0 saturated carbocycles. The van der Waals surface area contributed by atoms with E-state index in [2.05, 4.69) is 4.90 Å². The fourth-order valence-electron chi connectivity index (χ4n) is 3.34. The molecule has 1 aromatic rings. The summed E-state index contributed by atoms with van der Waals surface area (Å²) in [7, 11) is 0. The molecule has 0 aromatic heterocycles. The maximum absolute atomic E-state index is 12.3. The van der Waals surface area contributed by atoms with E-state index in [1.165, 1.54) is 6.42 Å². The van der Waals surface area contributed by atoms with Crippen LogP contribution in [0.1, 0.15) is 19.3 Å². The van der Waals surface area contributed by atoms with Gasteiger partial charge in [0.25, 0.3) is 0 Å². The van der Waals surface area contributed by atoms with E-state index in [0.29, 0.717) is 13.2 Å². The van der Waals surface area contributed by atoms with Crippen molar-refractivity contribution in [2.75, 3.05) is 59.2 Å². The summed E-state index contributed by atoms with van der Waals surface area (Å²) in [5.41, 5.74) is 0. The highest BCUT2D eigenvalue weighted by atomic mass is 16.5. The molecule has 1 atom stereocenters. The zero-order valence-corrected chi connectivity index (χ0v) is 15.5. The molecule has 3 rings (SSSR count). The summed E-state index contributed by atoms with van der Waals surface area (Å²) in [5, 5.41) is 0. The van der Waals surface area contributed by atoms with Gasteiger partial charge in [0.2, 0.25) is 5.91 Å². The van der Waals surface area contributed by atoms with E-state index in [9.17, 15) is 4.79 Å². The first-order valence-electron chi connectivity index (χ1n) is 9.68. The maximum Gasteiger partial charge on any atom is 0.248 e. The van der Waals surface area contributed by atoms with Crippen molar-refractivity contribution in [3.8, 4) is 5.75 Å². The largest absolute Gasteiger partial charge is 0.492 e. The van der Waals surface area contributed by atoms with Crippen molar-refractivity contribution in [2.45, 2.75) is 25.4 Å². The lowest BCUT2D eigenvalue weighted by molar-refractivity contribution is -0.140. The van der Waals surface area contributed by atoms with E-state index in [1.807, 2.05) is 35.2 Å². The van der Waals surface area contributed by atoms with Gasteiger partial charge in [-0.3, -0.25) is 9.69 Å². The minimum absolute atomic E-state index is 0.0843. The van der Waals surface area contributed by atoms with Gasteiger partial charge in [0.15, 0.2) is 0 Å². The van der Waals surface area contributed by atoms with E-state index in [-0.39, 0.29) is 18.6 Å². The zero-order chi connectivity index (χ0) is 18.0. The number of amides is 1. The highest BCUT2D eigenvalue weighted by Gasteiger charge is 2.21. The highest BCUT2D eigenvalue weighted by Crippen LogP contribution is 2.13. The molecule has 0 spiro atoms. The van der Waals surface area contributed by atoms with Crippen LogP contribution in [-0.2, 0) is 14.3 Å². The molecule has 144 valence electrons. The monoisotopic (exact) mass is 362 g/mol. The van der Waals surface area contributed by atoms with Gasteiger partial charge < -0.3 is 19.1 Å². The van der Waals surface area contributed by atoms with Gasteiger partial charge in [-0.2, -0.15) is 0 Å². The lowest BCUT2D eigenvalue weighted by atomic mass is 10.1. The normalized spacial score (nSPS) is 21.5. The molecule has 6 heteroatoms. The minimum atomic E-state index is 0.0843. The average Bonchev–Trinajstić information content (AvgIpc) is 2.70. The van der Waals surface area contributed by atoms with Gasteiger partial charge >= 0.3 is 0 Å². The second-order valence-electron chi connectivity index (χ2n) is 6.89. The molecule has 2 fully saturated rings. The molecule has 6 nitrogen and oxygen atoms in total. The van der Waals surface area contributed by atoms with Crippen molar-refractivity contribution in [3.05, 3.63) is 30.3 Å². The predicted octanol–water partition coefficient (Wildman–Crippen LogP) is 1.80. The van der Waals surface area contributed by atoms with Crippen LogP contribution < -0.4 is 4.74 Å². The summed E-state index contributed by atoms with van der Waals surface area (Å²) >= 11 is 0. The molecule has 1 unspecified atom stereocenters. The minimum Gasteiger partial charge on any atom is -0.492 e. The quantitative estimate of drug-likeness (QED) is 0.706. The van der Waals surface area contributed by atoms with Crippen molar-refractivity contribution < 1.29 is 19.0 Å². The van der Waals surface area contributed by atoms with E-state index >= 15 is 0 Å². The second-order valence-corrected chi connectivity index (χ2v) is 6.89. The first-order valence-corrected chi connectivity index (χ1v) is 9.68. The smallest absolute Gasteiger partial charge is 0.248 e. The lowest BCUT2D eigenvalue weighted by Gasteiger charge is -2.34. The second kappa shape index (κ2) is 10.5. The van der Waals surface area contributed by atoms with Crippen LogP contribution in [0.2, 0.25) is 0 Å². The first-order chi connectivity index (χ1) is 12.8. The zero-order valence-electron chi connectivity index (χ0n) is 15.5. The molecule has 26 heavy (non-hydrogen) atoms. The molecule has 2 heterocycles. The van der Waals surface area contributed by atoms with Crippen molar-refractivity contribution >= 4 is 5.91 Å². The van der Waals surface area contributed by atoms with E-state index in [1.54, 1.807) is 0 Å². The summed E-state index contributed by atoms with van der Waals surface area (Å²) in [5.74, 6) is 0.987. The Kier molecular flexibility index (Phi) is 7.73. The Morgan fingerprint density at radius 2 is 1.92 bits per heavy atom. The molecule has 2 aliphatic rings. The van der Waals surface area contributed by atoms with E-state index in [0.717, 1.165) is 57.9 Å². The van der Waals surface area contributed by atoms with Crippen molar-refractivity contribution in [3.63, 3.8) is 0 Å². The maximum atomic E-state index is 12.3. The van der Waals surface area contributed by atoms with Gasteiger partial charge in [0, 0.05) is 39.3 Å². The van der Waals surface area contributed by atoms with Crippen molar-refractivity contribution in [1.82, 2.24) is 9.80 Å². The summed E-state index contributed by atoms with van der Waals surface area (Å²) in [6.45, 7) is 6.35. The number of carbonyl (C=O) groups is 1. The predicted molar refractivity (Wildman–Crippen MR) is 99.4 cm³/mol. The van der Waals surface area contributed by atoms with Crippen LogP contribution in [0.4, 0.5) is 0 Å².